The number of halogens is 2. The molecule has 12 heteroatoms. The zero-order chi connectivity index (χ0) is 24.0. The van der Waals surface area contributed by atoms with Gasteiger partial charge in [0.15, 0.2) is 5.82 Å². The number of nitrogens with one attached hydrogen (secondary N) is 2. The number of hydrazine groups is 1. The second-order valence-corrected chi connectivity index (χ2v) is 10.3. The van der Waals surface area contributed by atoms with Crippen LogP contribution in [0.4, 0.5) is 4.39 Å². The van der Waals surface area contributed by atoms with E-state index in [1.54, 1.807) is 31.2 Å². The zero-order valence-electron chi connectivity index (χ0n) is 18.5. The van der Waals surface area contributed by atoms with Crippen molar-refractivity contribution in [3.05, 3.63) is 41.1 Å². The highest BCUT2D eigenvalue weighted by molar-refractivity contribution is 7.89. The van der Waals surface area contributed by atoms with E-state index in [4.69, 9.17) is 21.1 Å². The number of hydrogen-bond donors (Lipinski definition) is 2. The highest BCUT2D eigenvalue weighted by Gasteiger charge is 2.27. The molecule has 2 N–H and O–H groups in total. The maximum Gasteiger partial charge on any atom is 0.269 e. The lowest BCUT2D eigenvalue weighted by molar-refractivity contribution is -0.00604. The molecule has 1 aromatic carbocycles. The molecule has 0 saturated heterocycles. The van der Waals surface area contributed by atoms with E-state index in [-0.39, 0.29) is 28.4 Å². The number of methoxy groups -OCH3 is 1. The Balaban J connectivity index is 1.56. The van der Waals surface area contributed by atoms with E-state index in [0.29, 0.717) is 37.3 Å². The van der Waals surface area contributed by atoms with Crippen molar-refractivity contribution in [2.75, 3.05) is 26.1 Å². The number of carbonyl (C=O) groups excluding carboxylic acids is 1. The molecule has 0 atom stereocenters. The first-order valence-corrected chi connectivity index (χ1v) is 12.6. The lowest BCUT2D eigenvalue weighted by atomic mass is 9.89. The van der Waals surface area contributed by atoms with Crippen molar-refractivity contribution in [1.29, 1.82) is 0 Å². The van der Waals surface area contributed by atoms with Crippen LogP contribution < -0.4 is 10.3 Å². The Bertz CT molecular complexity index is 1070. The Morgan fingerprint density at radius 2 is 2.00 bits per heavy atom. The summed E-state index contributed by atoms with van der Waals surface area (Å²) in [4.78, 5) is 18.7. The largest absolute Gasteiger partial charge is 0.382 e. The SMILES string of the molecule is COCCOC1CCC(CS(=O)(=O)NNC(=O)c2cc(-c3cn(C)cn3)cc(Cl)c2F)CC1. The molecule has 0 spiro atoms. The van der Waals surface area contributed by atoms with Gasteiger partial charge in [0.25, 0.3) is 5.91 Å². The molecule has 1 aliphatic carbocycles. The van der Waals surface area contributed by atoms with E-state index in [2.05, 4.69) is 15.2 Å². The molecule has 2 aromatic rings. The Labute approximate surface area is 197 Å². The summed E-state index contributed by atoms with van der Waals surface area (Å²) in [6, 6.07) is 2.63. The topological polar surface area (TPSA) is 112 Å². The number of nitrogens with zero attached hydrogens (tertiary/aromatic N) is 2. The van der Waals surface area contributed by atoms with Gasteiger partial charge in [0, 0.05) is 25.9 Å². The van der Waals surface area contributed by atoms with Gasteiger partial charge in [-0.05, 0) is 43.7 Å². The molecule has 1 aliphatic rings. The molecule has 0 bridgehead atoms. The number of benzene rings is 1. The van der Waals surface area contributed by atoms with Crippen LogP contribution in [0.1, 0.15) is 36.0 Å². The molecule has 0 unspecified atom stereocenters. The molecule has 0 aliphatic heterocycles. The molecule has 9 nitrogen and oxygen atoms in total. The fourth-order valence-electron chi connectivity index (χ4n) is 3.77. The van der Waals surface area contributed by atoms with Gasteiger partial charge < -0.3 is 14.0 Å². The molecule has 1 amide bonds. The molecular weight excluding hydrogens is 475 g/mol. The van der Waals surface area contributed by atoms with Gasteiger partial charge in [-0.2, -0.15) is 0 Å². The summed E-state index contributed by atoms with van der Waals surface area (Å²) in [6.07, 6.45) is 6.27. The lowest BCUT2D eigenvalue weighted by Gasteiger charge is -2.28. The summed E-state index contributed by atoms with van der Waals surface area (Å²) < 4.78 is 51.8. The standard InChI is InChI=1S/C21H28ClFN4O5S/c1-27-11-19(24-13-27)15-9-17(20(23)18(22)10-15)21(28)25-26-33(29,30)12-14-3-5-16(6-4-14)32-8-7-31-2/h9-11,13-14,16,26H,3-8,12H2,1-2H3,(H,25,28). The summed E-state index contributed by atoms with van der Waals surface area (Å²) in [5, 5.41) is -0.268. The molecule has 1 fully saturated rings. The van der Waals surface area contributed by atoms with E-state index in [0.717, 1.165) is 12.8 Å². The van der Waals surface area contributed by atoms with Crippen LogP contribution >= 0.6 is 11.6 Å². The van der Waals surface area contributed by atoms with Crippen molar-refractivity contribution in [2.24, 2.45) is 13.0 Å². The van der Waals surface area contributed by atoms with Crippen molar-refractivity contribution in [3.8, 4) is 11.3 Å². The van der Waals surface area contributed by atoms with E-state index in [1.165, 1.54) is 12.1 Å². The summed E-state index contributed by atoms with van der Waals surface area (Å²) in [5.74, 6) is -2.10. The molecule has 0 radical (unpaired) electrons. The summed E-state index contributed by atoms with van der Waals surface area (Å²) >= 11 is 5.94. The Morgan fingerprint density at radius 1 is 1.27 bits per heavy atom. The number of aryl methyl sites for hydroxylation is 1. The van der Waals surface area contributed by atoms with Crippen LogP contribution in [0, 0.1) is 11.7 Å². The van der Waals surface area contributed by atoms with Gasteiger partial charge in [-0.3, -0.25) is 10.2 Å². The van der Waals surface area contributed by atoms with E-state index in [9.17, 15) is 17.6 Å². The quantitative estimate of drug-likeness (QED) is 0.381. The normalized spacial score (nSPS) is 18.9. The van der Waals surface area contributed by atoms with E-state index in [1.807, 2.05) is 0 Å². The van der Waals surface area contributed by atoms with E-state index < -0.39 is 21.7 Å². The average Bonchev–Trinajstić information content (AvgIpc) is 3.21. The smallest absolute Gasteiger partial charge is 0.269 e. The van der Waals surface area contributed by atoms with Crippen molar-refractivity contribution < 1.29 is 27.1 Å². The maximum absolute atomic E-state index is 14.5. The third kappa shape index (κ3) is 7.21. The number of sulfonamides is 1. The van der Waals surface area contributed by atoms with Crippen molar-refractivity contribution in [1.82, 2.24) is 19.8 Å². The van der Waals surface area contributed by atoms with Crippen LogP contribution in [-0.4, -0.2) is 56.1 Å². The minimum atomic E-state index is -3.82. The van der Waals surface area contributed by atoms with Crippen LogP contribution in [0.5, 0.6) is 0 Å². The summed E-state index contributed by atoms with van der Waals surface area (Å²) in [7, 11) is -0.441. The highest BCUT2D eigenvalue weighted by atomic mass is 35.5. The number of aromatic nitrogens is 2. The zero-order valence-corrected chi connectivity index (χ0v) is 20.1. The van der Waals surface area contributed by atoms with Gasteiger partial charge >= 0.3 is 0 Å². The molecular formula is C21H28ClFN4O5S. The summed E-state index contributed by atoms with van der Waals surface area (Å²) in [6.45, 7) is 1.04. The number of imidazole rings is 1. The molecule has 33 heavy (non-hydrogen) atoms. The first-order valence-electron chi connectivity index (χ1n) is 10.6. The van der Waals surface area contributed by atoms with Crippen LogP contribution in [-0.2, 0) is 26.5 Å². The minimum Gasteiger partial charge on any atom is -0.382 e. The van der Waals surface area contributed by atoms with Crippen LogP contribution in [0.15, 0.2) is 24.7 Å². The predicted molar refractivity (Wildman–Crippen MR) is 122 cm³/mol. The van der Waals surface area contributed by atoms with Gasteiger partial charge in [0.2, 0.25) is 10.0 Å². The second-order valence-electron chi connectivity index (χ2n) is 8.09. The Kier molecular flexibility index (Phi) is 8.82. The van der Waals surface area contributed by atoms with Crippen LogP contribution in [0.25, 0.3) is 11.3 Å². The van der Waals surface area contributed by atoms with Crippen molar-refractivity contribution in [3.63, 3.8) is 0 Å². The van der Waals surface area contributed by atoms with Gasteiger partial charge in [0.1, 0.15) is 0 Å². The average molecular weight is 503 g/mol. The number of rotatable bonds is 10. The van der Waals surface area contributed by atoms with Crippen LogP contribution in [0.3, 0.4) is 0 Å². The monoisotopic (exact) mass is 502 g/mol. The van der Waals surface area contributed by atoms with Gasteiger partial charge in [0.05, 0.1) is 47.7 Å². The first kappa shape index (κ1) is 25.6. The third-order valence-corrected chi connectivity index (χ3v) is 7.08. The van der Waals surface area contributed by atoms with E-state index >= 15 is 0 Å². The molecule has 1 aromatic heterocycles. The number of ether oxygens (including phenoxy) is 2. The lowest BCUT2D eigenvalue weighted by Crippen LogP contribution is -2.44. The van der Waals surface area contributed by atoms with Gasteiger partial charge in [-0.15, -0.1) is 4.83 Å². The maximum atomic E-state index is 14.5. The number of carbonyl (C=O) groups is 1. The van der Waals surface area contributed by atoms with Crippen molar-refractivity contribution in [2.45, 2.75) is 31.8 Å². The third-order valence-electron chi connectivity index (χ3n) is 5.48. The molecule has 1 heterocycles. The fourth-order valence-corrected chi connectivity index (χ4v) is 5.28. The molecule has 182 valence electrons. The Morgan fingerprint density at radius 3 is 2.64 bits per heavy atom. The predicted octanol–water partition coefficient (Wildman–Crippen LogP) is 2.67. The fraction of sp³-hybridized carbons (Fsp3) is 0.524. The van der Waals surface area contributed by atoms with Crippen LogP contribution in [0.2, 0.25) is 5.02 Å². The van der Waals surface area contributed by atoms with Crippen molar-refractivity contribution >= 4 is 27.5 Å². The molecule has 3 rings (SSSR count). The second kappa shape index (κ2) is 11.4. The minimum absolute atomic E-state index is 0.0552. The van der Waals surface area contributed by atoms with Gasteiger partial charge in [-0.25, -0.2) is 17.8 Å². The number of hydrogen-bond acceptors (Lipinski definition) is 6. The van der Waals surface area contributed by atoms with Gasteiger partial charge in [-0.1, -0.05) is 11.6 Å². The number of amides is 1. The summed E-state index contributed by atoms with van der Waals surface area (Å²) in [5.41, 5.74) is 2.62. The Hall–Kier alpha value is -2.05. The molecule has 1 saturated carbocycles. The first-order chi connectivity index (χ1) is 15.7. The highest BCUT2D eigenvalue weighted by Crippen LogP contribution is 2.28.